The van der Waals surface area contributed by atoms with Crippen molar-refractivity contribution in [1.29, 1.82) is 0 Å². The van der Waals surface area contributed by atoms with Gasteiger partial charge in [0.1, 0.15) is 0 Å². The second kappa shape index (κ2) is 8.60. The normalized spacial score (nSPS) is 49.8. The number of rotatable bonds is 0. The first-order valence-corrected chi connectivity index (χ1v) is 14.3. The molecule has 4 aliphatic carbocycles. The van der Waals surface area contributed by atoms with Crippen LogP contribution in [-0.4, -0.2) is 23.0 Å². The summed E-state index contributed by atoms with van der Waals surface area (Å²) in [5.41, 5.74) is 0. The monoisotopic (exact) mass is 392 g/mol. The zero-order valence-electron chi connectivity index (χ0n) is 16.7. The average Bonchev–Trinajstić information content (AvgIpc) is 2.67. The minimum atomic E-state index is 1.07. The molecule has 0 spiro atoms. The summed E-state index contributed by atoms with van der Waals surface area (Å²) in [5.74, 6) is 14.7. The van der Waals surface area contributed by atoms with Crippen LogP contribution in [-0.2, 0) is 0 Å². The van der Waals surface area contributed by atoms with Crippen LogP contribution in [0.5, 0.6) is 0 Å². The van der Waals surface area contributed by atoms with Gasteiger partial charge in [0, 0.05) is 0 Å². The molecule has 8 heterocycles. The smallest absolute Gasteiger partial charge is 0.00389 e. The Kier molecular flexibility index (Phi) is 6.19. The van der Waals surface area contributed by atoms with Crippen LogP contribution in [0.3, 0.4) is 0 Å². The summed E-state index contributed by atoms with van der Waals surface area (Å²) in [6.07, 6.45) is 18.9. The Morgan fingerprint density at radius 2 is 0.615 bits per heavy atom. The van der Waals surface area contributed by atoms with Crippen LogP contribution in [0, 0.1) is 47.3 Å². The van der Waals surface area contributed by atoms with E-state index in [0.717, 1.165) is 47.3 Å². The maximum absolute atomic E-state index is 2.36. The van der Waals surface area contributed by atoms with E-state index in [2.05, 4.69) is 23.5 Å². The van der Waals surface area contributed by atoms with Crippen LogP contribution in [0.1, 0.15) is 77.0 Å². The summed E-state index contributed by atoms with van der Waals surface area (Å²) in [6, 6.07) is 0. The van der Waals surface area contributed by atoms with Gasteiger partial charge in [0.05, 0.1) is 0 Å². The Labute approximate surface area is 170 Å². The Bertz CT molecular complexity index is 381. The molecule has 0 N–H and O–H groups in total. The zero-order chi connectivity index (χ0) is 17.3. The molecule has 0 radical (unpaired) electrons. The summed E-state index contributed by atoms with van der Waals surface area (Å²) >= 11 is 4.72. The summed E-state index contributed by atoms with van der Waals surface area (Å²) < 4.78 is 0. The summed E-state index contributed by atoms with van der Waals surface area (Å²) in [6.45, 7) is 0. The Morgan fingerprint density at radius 1 is 0.346 bits per heavy atom. The highest BCUT2D eigenvalue weighted by Gasteiger charge is 2.38. The molecule has 8 saturated heterocycles. The van der Waals surface area contributed by atoms with Crippen molar-refractivity contribution < 1.29 is 0 Å². The van der Waals surface area contributed by atoms with Crippen molar-refractivity contribution in [2.75, 3.05) is 23.0 Å². The summed E-state index contributed by atoms with van der Waals surface area (Å²) in [5, 5.41) is 0. The summed E-state index contributed by atoms with van der Waals surface area (Å²) in [4.78, 5) is 0. The van der Waals surface area contributed by atoms with Crippen molar-refractivity contribution in [2.24, 2.45) is 47.3 Å². The van der Waals surface area contributed by atoms with E-state index in [1.54, 1.807) is 77.0 Å². The van der Waals surface area contributed by atoms with Gasteiger partial charge in [-0.25, -0.2) is 0 Å². The molecule has 8 bridgehead atoms. The van der Waals surface area contributed by atoms with E-state index in [1.165, 1.54) is 23.0 Å². The quantitative estimate of drug-likeness (QED) is 0.430. The van der Waals surface area contributed by atoms with E-state index >= 15 is 0 Å². The number of hydrogen-bond acceptors (Lipinski definition) is 2. The highest BCUT2D eigenvalue weighted by atomic mass is 32.2. The molecular weight excluding hydrogens is 352 g/mol. The highest BCUT2D eigenvalue weighted by molar-refractivity contribution is 7.99. The van der Waals surface area contributed by atoms with E-state index in [0.29, 0.717) is 0 Å². The van der Waals surface area contributed by atoms with Crippen molar-refractivity contribution in [3.63, 3.8) is 0 Å². The van der Waals surface area contributed by atoms with Gasteiger partial charge in [-0.05, 0) is 147 Å². The van der Waals surface area contributed by atoms with Gasteiger partial charge >= 0.3 is 0 Å². The third kappa shape index (κ3) is 4.32. The second-order valence-corrected chi connectivity index (χ2v) is 13.0. The molecule has 4 saturated carbocycles. The molecule has 12 rings (SSSR count). The molecule has 148 valence electrons. The highest BCUT2D eigenvalue weighted by Crippen LogP contribution is 2.49. The number of hydrogen-bond donors (Lipinski definition) is 0. The first-order valence-electron chi connectivity index (χ1n) is 12.0. The maximum atomic E-state index is 2.36. The molecule has 0 aromatic carbocycles. The Morgan fingerprint density at radius 3 is 0.885 bits per heavy atom. The van der Waals surface area contributed by atoms with Crippen molar-refractivity contribution in [1.82, 2.24) is 0 Å². The predicted molar refractivity (Wildman–Crippen MR) is 118 cm³/mol. The van der Waals surface area contributed by atoms with Gasteiger partial charge in [0.2, 0.25) is 0 Å². The third-order valence-electron chi connectivity index (χ3n) is 9.07. The minimum Gasteiger partial charge on any atom is -0.161 e. The van der Waals surface area contributed by atoms with E-state index in [-0.39, 0.29) is 0 Å². The maximum Gasteiger partial charge on any atom is -0.00389 e. The lowest BCUT2D eigenvalue weighted by atomic mass is 9.65. The molecule has 0 aromatic heterocycles. The van der Waals surface area contributed by atoms with Gasteiger partial charge in [-0.1, -0.05) is 0 Å². The van der Waals surface area contributed by atoms with Crippen molar-refractivity contribution in [3.8, 4) is 0 Å². The fourth-order valence-corrected chi connectivity index (χ4v) is 10.4. The molecule has 2 heteroatoms. The first-order chi connectivity index (χ1) is 12.8. The van der Waals surface area contributed by atoms with E-state index in [4.69, 9.17) is 0 Å². The van der Waals surface area contributed by atoms with Crippen LogP contribution < -0.4 is 0 Å². The number of thioether (sulfide) groups is 2. The fraction of sp³-hybridized carbons (Fsp3) is 1.00. The molecule has 8 unspecified atom stereocenters. The molecule has 0 aromatic rings. The van der Waals surface area contributed by atoms with E-state index < -0.39 is 0 Å². The van der Waals surface area contributed by atoms with Crippen LogP contribution in [0.2, 0.25) is 0 Å². The molecule has 8 aliphatic heterocycles. The lowest BCUT2D eigenvalue weighted by Gasteiger charge is -2.44. The van der Waals surface area contributed by atoms with Gasteiger partial charge in [0.25, 0.3) is 0 Å². The second-order valence-electron chi connectivity index (χ2n) is 10.8. The Hall–Kier alpha value is 0.700. The van der Waals surface area contributed by atoms with Gasteiger partial charge < -0.3 is 0 Å². The van der Waals surface area contributed by atoms with Crippen molar-refractivity contribution in [3.05, 3.63) is 0 Å². The third-order valence-corrected chi connectivity index (χ3v) is 11.9. The lowest BCUT2D eigenvalue weighted by Crippen LogP contribution is -2.34. The standard InChI is InChI=1S/C24H40S2/c1-5-21-10-18-2-6-22(21)9-17(1)13-25-14-19-3-7-24-12-20(16-26-15-18)4-8-23(24)11-19/h17-24H,1-16H2. The van der Waals surface area contributed by atoms with Gasteiger partial charge in [0.15, 0.2) is 0 Å². The van der Waals surface area contributed by atoms with Gasteiger partial charge in [-0.15, -0.1) is 0 Å². The molecule has 0 nitrogen and oxygen atoms in total. The minimum absolute atomic E-state index is 1.07. The molecule has 0 amide bonds. The topological polar surface area (TPSA) is 0 Å². The van der Waals surface area contributed by atoms with E-state index in [1.807, 2.05) is 0 Å². The molecule has 12 aliphatic rings. The average molecular weight is 393 g/mol. The largest absolute Gasteiger partial charge is 0.161 e. The molecule has 26 heavy (non-hydrogen) atoms. The SMILES string of the molecule is C1CC2CC3CCC2CC1CSCC1CCC2CC(CCC2C1)CSC3. The van der Waals surface area contributed by atoms with Crippen LogP contribution in [0.4, 0.5) is 0 Å². The summed E-state index contributed by atoms with van der Waals surface area (Å²) in [7, 11) is 0. The lowest BCUT2D eigenvalue weighted by molar-refractivity contribution is 0.109. The van der Waals surface area contributed by atoms with Crippen molar-refractivity contribution in [2.45, 2.75) is 77.0 Å². The van der Waals surface area contributed by atoms with Gasteiger partial charge in [-0.3, -0.25) is 0 Å². The predicted octanol–water partition coefficient (Wildman–Crippen LogP) is 7.13. The molecular formula is C24H40S2. The van der Waals surface area contributed by atoms with Crippen LogP contribution in [0.15, 0.2) is 0 Å². The van der Waals surface area contributed by atoms with Crippen LogP contribution >= 0.6 is 23.5 Å². The fourth-order valence-electron chi connectivity index (χ4n) is 7.58. The Balaban J connectivity index is 1.25. The van der Waals surface area contributed by atoms with Gasteiger partial charge in [-0.2, -0.15) is 23.5 Å². The van der Waals surface area contributed by atoms with Crippen LogP contribution in [0.25, 0.3) is 0 Å². The first kappa shape index (κ1) is 18.7. The zero-order valence-corrected chi connectivity index (χ0v) is 18.4. The molecule has 8 atom stereocenters. The van der Waals surface area contributed by atoms with E-state index in [9.17, 15) is 0 Å². The van der Waals surface area contributed by atoms with Crippen molar-refractivity contribution >= 4 is 23.5 Å². The molecule has 12 fully saturated rings.